The lowest BCUT2D eigenvalue weighted by atomic mass is 10.0. The molecule has 1 heterocycles. The minimum Gasteiger partial charge on any atom is -0.451 e. The van der Waals surface area contributed by atoms with Crippen LogP contribution in [-0.4, -0.2) is 11.6 Å². The number of hydrogen-bond acceptors (Lipinski definition) is 2. The maximum Gasteiger partial charge on any atom is 0.339 e. The maximum atomic E-state index is 14.0. The molecule has 0 bridgehead atoms. The second-order valence-electron chi connectivity index (χ2n) is 7.98. The van der Waals surface area contributed by atoms with Crippen LogP contribution in [0.2, 0.25) is 0 Å². The van der Waals surface area contributed by atoms with E-state index in [2.05, 4.69) is 6.58 Å². The van der Waals surface area contributed by atoms with Crippen molar-refractivity contribution in [2.45, 2.75) is 31.3 Å². The number of esters is 1. The van der Waals surface area contributed by atoms with E-state index in [9.17, 15) is 13.6 Å². The number of rotatable bonds is 4. The summed E-state index contributed by atoms with van der Waals surface area (Å²) in [4.78, 5) is 13.5. The normalized spacial score (nSPS) is 16.0. The third-order valence-electron chi connectivity index (χ3n) is 6.02. The maximum absolute atomic E-state index is 14.0. The van der Waals surface area contributed by atoms with E-state index >= 15 is 0 Å². The van der Waals surface area contributed by atoms with Gasteiger partial charge in [-0.1, -0.05) is 18.7 Å². The molecule has 3 aromatic carbocycles. The summed E-state index contributed by atoms with van der Waals surface area (Å²) in [6.45, 7) is 3.87. The molecule has 1 aromatic heterocycles. The molecule has 1 unspecified atom stereocenters. The van der Waals surface area contributed by atoms with Gasteiger partial charge >= 0.3 is 5.97 Å². The largest absolute Gasteiger partial charge is 0.451 e. The Balaban J connectivity index is 1.65. The predicted octanol–water partition coefficient (Wildman–Crippen LogP) is 7.67. The summed E-state index contributed by atoms with van der Waals surface area (Å²) in [6.07, 6.45) is 5.37. The Morgan fingerprint density at radius 3 is 2.32 bits per heavy atom. The zero-order valence-corrected chi connectivity index (χ0v) is 17.7. The van der Waals surface area contributed by atoms with E-state index in [1.165, 1.54) is 12.1 Å². The van der Waals surface area contributed by atoms with Crippen molar-refractivity contribution in [3.05, 3.63) is 90.5 Å². The van der Waals surface area contributed by atoms with Gasteiger partial charge < -0.3 is 4.74 Å². The number of carbonyl (C=O) groups is 1. The van der Waals surface area contributed by atoms with Crippen molar-refractivity contribution in [3.8, 4) is 4.90 Å². The Kier molecular flexibility index (Phi) is 4.86. The second kappa shape index (κ2) is 7.57. The summed E-state index contributed by atoms with van der Waals surface area (Å²) < 4.78 is 35.7. The van der Waals surface area contributed by atoms with Crippen LogP contribution in [0.4, 0.5) is 8.78 Å². The van der Waals surface area contributed by atoms with Gasteiger partial charge in [-0.3, -0.25) is 0 Å². The number of halogens is 2. The first-order chi connectivity index (χ1) is 15.0. The van der Waals surface area contributed by atoms with Crippen molar-refractivity contribution in [1.82, 2.24) is 0 Å². The van der Waals surface area contributed by atoms with Crippen LogP contribution in [0.15, 0.2) is 73.3 Å². The van der Waals surface area contributed by atoms with Gasteiger partial charge in [-0.2, -0.15) is 0 Å². The summed E-state index contributed by atoms with van der Waals surface area (Å²) in [5.41, 5.74) is -0.116. The fraction of sp³-hybridized carbons (Fsp3) is 0.192. The molecule has 4 aromatic rings. The minimum absolute atomic E-state index is 0.370. The van der Waals surface area contributed by atoms with E-state index < -0.39 is 27.7 Å². The molecule has 0 saturated heterocycles. The molecule has 2 nitrogen and oxygen atoms in total. The summed E-state index contributed by atoms with van der Waals surface area (Å²) in [6, 6.07) is 16.9. The van der Waals surface area contributed by atoms with Gasteiger partial charge in [0.2, 0.25) is 0 Å². The second-order valence-corrected chi connectivity index (χ2v) is 9.95. The number of carbonyl (C=O) groups excluding carboxylic acids is 1. The van der Waals surface area contributed by atoms with Gasteiger partial charge in [0.15, 0.2) is 14.3 Å². The molecule has 5 rings (SSSR count). The highest BCUT2D eigenvalue weighted by molar-refractivity contribution is 7.50. The first-order valence-corrected chi connectivity index (χ1v) is 11.5. The summed E-state index contributed by atoms with van der Waals surface area (Å²) >= 11 is 0. The number of hydrogen-bond donors (Lipinski definition) is 0. The van der Waals surface area contributed by atoms with Crippen molar-refractivity contribution < 1.29 is 18.3 Å². The number of thiophene rings is 1. The lowest BCUT2D eigenvalue weighted by molar-refractivity contribution is 0.00672. The molecule has 31 heavy (non-hydrogen) atoms. The molecule has 1 aliphatic carbocycles. The van der Waals surface area contributed by atoms with Gasteiger partial charge in [0.1, 0.15) is 17.2 Å². The van der Waals surface area contributed by atoms with Gasteiger partial charge in [0.25, 0.3) is 0 Å². The Morgan fingerprint density at radius 1 is 0.935 bits per heavy atom. The molecule has 1 saturated carbocycles. The third-order valence-corrected chi connectivity index (χ3v) is 8.32. The number of benzene rings is 3. The van der Waals surface area contributed by atoms with Crippen LogP contribution in [0.3, 0.4) is 0 Å². The predicted molar refractivity (Wildman–Crippen MR) is 122 cm³/mol. The van der Waals surface area contributed by atoms with Crippen molar-refractivity contribution in [2.24, 2.45) is 0 Å². The van der Waals surface area contributed by atoms with E-state index in [4.69, 9.17) is 4.74 Å². The fourth-order valence-corrected chi connectivity index (χ4v) is 6.91. The Labute approximate surface area is 181 Å². The standard InChI is InChI=1S/C26H21F2O2S/c1-2-26(11-5-6-12-26)30-25(29)17-9-10-24-22(13-17)21-7-3-4-8-23(21)31(24)20-15-18(27)14-19(28)16-20/h2-4,7-10,13-16H,1,5-6,11-12H2/q+1. The highest BCUT2D eigenvalue weighted by atomic mass is 32.2. The van der Waals surface area contributed by atoms with Gasteiger partial charge in [-0.05, 0) is 62.1 Å². The van der Waals surface area contributed by atoms with E-state index in [1.807, 2.05) is 36.4 Å². The molecule has 1 atom stereocenters. The lowest BCUT2D eigenvalue weighted by Crippen LogP contribution is -2.29. The summed E-state index contributed by atoms with van der Waals surface area (Å²) in [7, 11) is -0.645. The minimum atomic E-state index is -0.645. The topological polar surface area (TPSA) is 26.3 Å². The third kappa shape index (κ3) is 3.43. The first kappa shape index (κ1) is 19.9. The summed E-state index contributed by atoms with van der Waals surface area (Å²) in [5.74, 6) is -1.56. The molecule has 0 amide bonds. The fourth-order valence-electron chi connectivity index (χ4n) is 4.50. The van der Waals surface area contributed by atoms with Crippen molar-refractivity contribution in [1.29, 1.82) is 0 Å². The monoisotopic (exact) mass is 435 g/mol. The Bertz CT molecular complexity index is 1310. The molecule has 0 radical (unpaired) electrons. The van der Waals surface area contributed by atoms with Crippen molar-refractivity contribution in [2.75, 3.05) is 0 Å². The van der Waals surface area contributed by atoms with Gasteiger partial charge in [0.05, 0.1) is 5.56 Å². The Hall–Kier alpha value is -3.05. The van der Waals surface area contributed by atoms with Crippen LogP contribution < -0.4 is 0 Å². The number of ether oxygens (including phenoxy) is 1. The lowest BCUT2D eigenvalue weighted by Gasteiger charge is -2.25. The van der Waals surface area contributed by atoms with E-state index in [0.29, 0.717) is 10.5 Å². The molecular formula is C26H21F2O2S+. The smallest absolute Gasteiger partial charge is 0.339 e. The molecule has 156 valence electrons. The average Bonchev–Trinajstić information content (AvgIpc) is 3.35. The number of fused-ring (bicyclic) bond motifs is 3. The van der Waals surface area contributed by atoms with Crippen LogP contribution >= 0.6 is 10.5 Å². The Morgan fingerprint density at radius 2 is 1.61 bits per heavy atom. The van der Waals surface area contributed by atoms with Crippen molar-refractivity contribution in [3.63, 3.8) is 0 Å². The molecule has 5 heteroatoms. The molecule has 0 spiro atoms. The molecule has 0 aliphatic heterocycles. The van der Waals surface area contributed by atoms with Crippen LogP contribution in [0.25, 0.3) is 25.1 Å². The zero-order chi connectivity index (χ0) is 21.6. The van der Waals surface area contributed by atoms with Crippen molar-refractivity contribution >= 4 is 36.6 Å². The van der Waals surface area contributed by atoms with Crippen LogP contribution in [0, 0.1) is 11.6 Å². The SMILES string of the molecule is C=CC1(OC(=O)c2ccc3c(c2)c2ccccc2[s+]3-c2cc(F)cc(F)c2)CCCC1. The molecule has 0 N–H and O–H groups in total. The average molecular weight is 436 g/mol. The van der Waals surface area contributed by atoms with Crippen LogP contribution in [-0.2, 0) is 4.74 Å². The van der Waals surface area contributed by atoms with Gasteiger partial charge in [-0.25, -0.2) is 13.6 Å². The summed E-state index contributed by atoms with van der Waals surface area (Å²) in [5, 5.41) is 1.87. The zero-order valence-electron chi connectivity index (χ0n) is 16.9. The quantitative estimate of drug-likeness (QED) is 0.187. The van der Waals surface area contributed by atoms with Crippen LogP contribution in [0.1, 0.15) is 36.0 Å². The highest BCUT2D eigenvalue weighted by Crippen LogP contribution is 2.49. The van der Waals surface area contributed by atoms with Gasteiger partial charge in [0, 0.05) is 39.4 Å². The van der Waals surface area contributed by atoms with Gasteiger partial charge in [-0.15, -0.1) is 0 Å². The van der Waals surface area contributed by atoms with E-state index in [-0.39, 0.29) is 5.97 Å². The molecule has 1 fully saturated rings. The first-order valence-electron chi connectivity index (χ1n) is 10.3. The highest BCUT2D eigenvalue weighted by Gasteiger charge is 2.35. The van der Waals surface area contributed by atoms with E-state index in [1.54, 1.807) is 12.1 Å². The molecule has 1 aliphatic rings. The van der Waals surface area contributed by atoms with Crippen LogP contribution in [0.5, 0.6) is 0 Å². The molecular weight excluding hydrogens is 414 g/mol. The van der Waals surface area contributed by atoms with E-state index in [0.717, 1.165) is 51.9 Å².